The van der Waals surface area contributed by atoms with E-state index in [1.54, 1.807) is 11.3 Å². The van der Waals surface area contributed by atoms with E-state index in [4.69, 9.17) is 26.1 Å². The molecule has 0 radical (unpaired) electrons. The monoisotopic (exact) mass is 528 g/mol. The quantitative estimate of drug-likeness (QED) is 0.207. The molecular formula is C31H29ClN2O2S. The highest BCUT2D eigenvalue weighted by Gasteiger charge is 2.12. The maximum atomic E-state index is 6.65. The average Bonchev–Trinajstić information content (AvgIpc) is 3.31. The Hall–Kier alpha value is -3.54. The van der Waals surface area contributed by atoms with Gasteiger partial charge in [0.1, 0.15) is 11.6 Å². The fourth-order valence-electron chi connectivity index (χ4n) is 4.14. The van der Waals surface area contributed by atoms with Crippen molar-refractivity contribution in [2.24, 2.45) is 0 Å². The summed E-state index contributed by atoms with van der Waals surface area (Å²) >= 11 is 8.37. The minimum absolute atomic E-state index is 0.455. The molecule has 1 aromatic heterocycles. The van der Waals surface area contributed by atoms with E-state index in [0.717, 1.165) is 32.9 Å². The molecular weight excluding hydrogens is 500 g/mol. The molecule has 4 nitrogen and oxygen atoms in total. The molecule has 0 aliphatic rings. The molecule has 5 rings (SSSR count). The molecule has 1 heterocycles. The van der Waals surface area contributed by atoms with Gasteiger partial charge < -0.3 is 14.8 Å². The largest absolute Gasteiger partial charge is 0.490 e. The maximum Gasteiger partial charge on any atom is 0.163 e. The van der Waals surface area contributed by atoms with Gasteiger partial charge in [-0.05, 0) is 79.9 Å². The summed E-state index contributed by atoms with van der Waals surface area (Å²) in [6.45, 7) is 7.71. The van der Waals surface area contributed by atoms with Crippen LogP contribution in [0.5, 0.6) is 11.5 Å². The number of hydrogen-bond donors (Lipinski definition) is 1. The predicted molar refractivity (Wildman–Crippen MR) is 155 cm³/mol. The van der Waals surface area contributed by atoms with Crippen molar-refractivity contribution in [3.8, 4) is 22.1 Å². The van der Waals surface area contributed by atoms with Gasteiger partial charge in [-0.2, -0.15) is 0 Å². The van der Waals surface area contributed by atoms with Crippen molar-refractivity contribution in [2.45, 2.75) is 33.9 Å². The lowest BCUT2D eigenvalue weighted by Crippen LogP contribution is -2.04. The molecule has 0 unspecified atom stereocenters. The van der Waals surface area contributed by atoms with Crippen LogP contribution in [-0.4, -0.2) is 11.6 Å². The van der Waals surface area contributed by atoms with Crippen molar-refractivity contribution in [3.63, 3.8) is 0 Å². The second kappa shape index (κ2) is 11.2. The van der Waals surface area contributed by atoms with Crippen LogP contribution < -0.4 is 14.8 Å². The van der Waals surface area contributed by atoms with Crippen molar-refractivity contribution < 1.29 is 9.47 Å². The number of anilines is 1. The van der Waals surface area contributed by atoms with Crippen LogP contribution in [0.2, 0.25) is 5.02 Å². The molecule has 0 saturated carbocycles. The van der Waals surface area contributed by atoms with E-state index >= 15 is 0 Å². The number of halogens is 1. The SMILES string of the molecule is CCOc1cc(CNc2ccc(-c3nc4ccc(C)cc4s3)cc2)c(Cl)cc1OCc1cccc(C)c1. The lowest BCUT2D eigenvalue weighted by atomic mass is 10.1. The number of ether oxygens (including phenoxy) is 2. The molecule has 0 saturated heterocycles. The number of nitrogens with one attached hydrogen (secondary N) is 1. The molecule has 188 valence electrons. The zero-order valence-electron chi connectivity index (χ0n) is 21.2. The minimum atomic E-state index is 0.455. The van der Waals surface area contributed by atoms with Crippen LogP contribution in [0.25, 0.3) is 20.8 Å². The Bertz CT molecular complexity index is 1530. The first kappa shape index (κ1) is 25.1. The molecule has 0 spiro atoms. The molecule has 5 aromatic rings. The van der Waals surface area contributed by atoms with Gasteiger partial charge in [0.15, 0.2) is 11.5 Å². The number of nitrogens with zero attached hydrogens (tertiary/aromatic N) is 1. The van der Waals surface area contributed by atoms with E-state index in [0.29, 0.717) is 36.3 Å². The third-order valence-electron chi connectivity index (χ3n) is 6.05. The van der Waals surface area contributed by atoms with E-state index < -0.39 is 0 Å². The summed E-state index contributed by atoms with van der Waals surface area (Å²) in [7, 11) is 0. The van der Waals surface area contributed by atoms with Crippen molar-refractivity contribution in [1.29, 1.82) is 0 Å². The summed E-state index contributed by atoms with van der Waals surface area (Å²) in [4.78, 5) is 4.79. The van der Waals surface area contributed by atoms with Gasteiger partial charge in [-0.25, -0.2) is 4.98 Å². The van der Waals surface area contributed by atoms with Gasteiger partial charge in [0.2, 0.25) is 0 Å². The van der Waals surface area contributed by atoms with Crippen LogP contribution in [0.3, 0.4) is 0 Å². The van der Waals surface area contributed by atoms with Gasteiger partial charge in [0.05, 0.1) is 16.8 Å². The highest BCUT2D eigenvalue weighted by atomic mass is 35.5. The van der Waals surface area contributed by atoms with Gasteiger partial charge in [0, 0.05) is 28.9 Å². The Balaban J connectivity index is 1.27. The molecule has 37 heavy (non-hydrogen) atoms. The minimum Gasteiger partial charge on any atom is -0.490 e. The van der Waals surface area contributed by atoms with Gasteiger partial charge in [-0.3, -0.25) is 0 Å². The normalized spacial score (nSPS) is 11.0. The van der Waals surface area contributed by atoms with Crippen LogP contribution >= 0.6 is 22.9 Å². The van der Waals surface area contributed by atoms with Crippen LogP contribution in [0.1, 0.15) is 29.2 Å². The topological polar surface area (TPSA) is 43.4 Å². The molecule has 4 aromatic carbocycles. The summed E-state index contributed by atoms with van der Waals surface area (Å²) in [5.41, 5.74) is 7.66. The van der Waals surface area contributed by atoms with Crippen LogP contribution in [0.4, 0.5) is 5.69 Å². The van der Waals surface area contributed by atoms with Gasteiger partial charge in [0.25, 0.3) is 0 Å². The van der Waals surface area contributed by atoms with Crippen molar-refractivity contribution in [3.05, 3.63) is 106 Å². The molecule has 1 N–H and O–H groups in total. The third-order valence-corrected chi connectivity index (χ3v) is 7.47. The molecule has 0 atom stereocenters. The first-order chi connectivity index (χ1) is 18.0. The summed E-state index contributed by atoms with van der Waals surface area (Å²) in [5, 5.41) is 5.13. The number of aryl methyl sites for hydroxylation is 2. The lowest BCUT2D eigenvalue weighted by Gasteiger charge is -2.16. The van der Waals surface area contributed by atoms with E-state index in [9.17, 15) is 0 Å². The number of thiazole rings is 1. The van der Waals surface area contributed by atoms with Crippen LogP contribution in [0, 0.1) is 13.8 Å². The van der Waals surface area contributed by atoms with Crippen LogP contribution in [-0.2, 0) is 13.2 Å². The fourth-order valence-corrected chi connectivity index (χ4v) is 5.43. The van der Waals surface area contributed by atoms with E-state index in [1.165, 1.54) is 15.8 Å². The molecule has 0 aliphatic carbocycles. The Morgan fingerprint density at radius 3 is 2.43 bits per heavy atom. The van der Waals surface area contributed by atoms with E-state index in [-0.39, 0.29) is 0 Å². The highest BCUT2D eigenvalue weighted by molar-refractivity contribution is 7.21. The summed E-state index contributed by atoms with van der Waals surface area (Å²) in [6, 6.07) is 26.8. The number of benzene rings is 4. The van der Waals surface area contributed by atoms with Crippen molar-refractivity contribution in [2.75, 3.05) is 11.9 Å². The second-order valence-electron chi connectivity index (χ2n) is 9.02. The van der Waals surface area contributed by atoms with Gasteiger partial charge in [-0.1, -0.05) is 47.5 Å². The first-order valence-corrected chi connectivity index (χ1v) is 13.5. The molecule has 0 aliphatic heterocycles. The fraction of sp³-hybridized carbons (Fsp3) is 0.194. The molecule has 0 bridgehead atoms. The predicted octanol–water partition coefficient (Wildman–Crippen LogP) is 8.82. The Kier molecular flexibility index (Phi) is 7.63. The number of rotatable bonds is 9. The maximum absolute atomic E-state index is 6.65. The Morgan fingerprint density at radius 1 is 0.865 bits per heavy atom. The zero-order valence-corrected chi connectivity index (χ0v) is 22.7. The van der Waals surface area contributed by atoms with Crippen molar-refractivity contribution in [1.82, 2.24) is 4.98 Å². The lowest BCUT2D eigenvalue weighted by molar-refractivity contribution is 0.269. The molecule has 0 fully saturated rings. The standard InChI is InChI=1S/C31H29ClN2O2S/c1-4-35-28-16-24(26(32)17-29(28)36-19-22-7-5-6-20(2)14-22)18-33-25-11-9-23(10-12-25)31-34-27-13-8-21(3)15-30(27)37-31/h5-17,33H,4,18-19H2,1-3H3. The molecule has 0 amide bonds. The van der Waals surface area contributed by atoms with Crippen LogP contribution in [0.15, 0.2) is 78.9 Å². The summed E-state index contributed by atoms with van der Waals surface area (Å²) in [5.74, 6) is 1.34. The van der Waals surface area contributed by atoms with Crippen molar-refractivity contribution >= 4 is 38.8 Å². The Morgan fingerprint density at radius 2 is 1.65 bits per heavy atom. The van der Waals surface area contributed by atoms with E-state index in [2.05, 4.69) is 79.8 Å². The molecule has 6 heteroatoms. The van der Waals surface area contributed by atoms with Gasteiger partial charge >= 0.3 is 0 Å². The summed E-state index contributed by atoms with van der Waals surface area (Å²) < 4.78 is 13.2. The highest BCUT2D eigenvalue weighted by Crippen LogP contribution is 2.35. The summed E-state index contributed by atoms with van der Waals surface area (Å²) in [6.07, 6.45) is 0. The smallest absolute Gasteiger partial charge is 0.163 e. The first-order valence-electron chi connectivity index (χ1n) is 12.3. The second-order valence-corrected chi connectivity index (χ2v) is 10.5. The average molecular weight is 529 g/mol. The van der Waals surface area contributed by atoms with E-state index in [1.807, 2.05) is 25.1 Å². The number of fused-ring (bicyclic) bond motifs is 1. The number of hydrogen-bond acceptors (Lipinski definition) is 5. The van der Waals surface area contributed by atoms with Gasteiger partial charge in [-0.15, -0.1) is 11.3 Å². The zero-order chi connectivity index (χ0) is 25.8. The number of aromatic nitrogens is 1. The third kappa shape index (κ3) is 6.07. The Labute approximate surface area is 226 Å².